The molecule has 2 amide bonds. The molecule has 1 heterocycles. The van der Waals surface area contributed by atoms with Gasteiger partial charge >= 0.3 is 6.18 Å². The highest BCUT2D eigenvalue weighted by atomic mass is 19.4. The van der Waals surface area contributed by atoms with Gasteiger partial charge in [-0.3, -0.25) is 14.5 Å². The van der Waals surface area contributed by atoms with Crippen LogP contribution in [0.1, 0.15) is 33.4 Å². The Morgan fingerprint density at radius 3 is 2.18 bits per heavy atom. The Balaban J connectivity index is 1.76. The number of amides is 2. The lowest BCUT2D eigenvalue weighted by atomic mass is 9.99. The largest absolute Gasteiger partial charge is 0.416 e. The van der Waals surface area contributed by atoms with Crippen molar-refractivity contribution < 1.29 is 22.8 Å². The van der Waals surface area contributed by atoms with Gasteiger partial charge in [0.05, 0.1) is 17.7 Å². The maximum atomic E-state index is 13.4. The van der Waals surface area contributed by atoms with Crippen molar-refractivity contribution in [1.29, 1.82) is 0 Å². The Kier molecular flexibility index (Phi) is 6.04. The number of benzene rings is 3. The van der Waals surface area contributed by atoms with Gasteiger partial charge in [0, 0.05) is 5.69 Å². The van der Waals surface area contributed by atoms with Gasteiger partial charge < -0.3 is 5.32 Å². The third-order valence-electron chi connectivity index (χ3n) is 5.88. The summed E-state index contributed by atoms with van der Waals surface area (Å²) >= 11 is 0. The minimum atomic E-state index is -4.53. The van der Waals surface area contributed by atoms with Gasteiger partial charge in [0.1, 0.15) is 5.70 Å². The number of carbonyl (C=O) groups is 2. The fourth-order valence-corrected chi connectivity index (χ4v) is 3.79. The molecule has 3 aromatic rings. The van der Waals surface area contributed by atoms with Gasteiger partial charge in [0.25, 0.3) is 11.8 Å². The first-order valence-electron chi connectivity index (χ1n) is 10.7. The van der Waals surface area contributed by atoms with Crippen LogP contribution in [-0.4, -0.2) is 16.7 Å². The first-order chi connectivity index (χ1) is 16.0. The number of aryl methyl sites for hydroxylation is 3. The summed E-state index contributed by atoms with van der Waals surface area (Å²) in [6, 6.07) is 17.4. The van der Waals surface area contributed by atoms with Crippen LogP contribution in [0, 0.1) is 20.8 Å². The molecule has 4 rings (SSSR count). The summed E-state index contributed by atoms with van der Waals surface area (Å²) in [5, 5.41) is 2.81. The molecule has 34 heavy (non-hydrogen) atoms. The van der Waals surface area contributed by atoms with Crippen molar-refractivity contribution in [1.82, 2.24) is 4.90 Å². The van der Waals surface area contributed by atoms with Crippen LogP contribution in [-0.2, 0) is 22.3 Å². The zero-order chi connectivity index (χ0) is 24.6. The second kappa shape index (κ2) is 8.82. The number of alkyl halides is 3. The highest BCUT2D eigenvalue weighted by Gasteiger charge is 2.39. The number of nitrogens with zero attached hydrogens (tertiary/aromatic N) is 1. The van der Waals surface area contributed by atoms with E-state index in [1.54, 1.807) is 12.1 Å². The van der Waals surface area contributed by atoms with Crippen LogP contribution in [0.3, 0.4) is 0 Å². The Bertz CT molecular complexity index is 1310. The zero-order valence-electron chi connectivity index (χ0n) is 19.0. The first-order valence-corrected chi connectivity index (χ1v) is 10.7. The molecule has 0 radical (unpaired) electrons. The summed E-state index contributed by atoms with van der Waals surface area (Å²) in [5.41, 5.74) is 3.62. The molecular weight excluding hydrogens is 441 g/mol. The molecule has 0 saturated carbocycles. The van der Waals surface area contributed by atoms with Gasteiger partial charge in [-0.05, 0) is 61.2 Å². The Morgan fingerprint density at radius 2 is 1.53 bits per heavy atom. The van der Waals surface area contributed by atoms with Crippen molar-refractivity contribution >= 4 is 23.1 Å². The molecule has 7 heteroatoms. The van der Waals surface area contributed by atoms with Gasteiger partial charge in [-0.2, -0.15) is 13.2 Å². The topological polar surface area (TPSA) is 49.4 Å². The molecule has 4 nitrogen and oxygen atoms in total. The second-order valence-electron chi connectivity index (χ2n) is 8.43. The van der Waals surface area contributed by atoms with E-state index in [0.717, 1.165) is 39.3 Å². The summed E-state index contributed by atoms with van der Waals surface area (Å²) in [5.74, 6) is -1.08. The van der Waals surface area contributed by atoms with E-state index in [-0.39, 0.29) is 23.5 Å². The number of rotatable bonds is 5. The highest BCUT2D eigenvalue weighted by molar-refractivity contribution is 6.36. The molecule has 3 aromatic carbocycles. The van der Waals surface area contributed by atoms with Crippen LogP contribution < -0.4 is 5.32 Å². The first kappa shape index (κ1) is 23.3. The molecular formula is C27H23F3N2O2. The highest BCUT2D eigenvalue weighted by Crippen LogP contribution is 2.34. The van der Waals surface area contributed by atoms with E-state index in [9.17, 15) is 22.8 Å². The number of hydrogen-bond acceptors (Lipinski definition) is 3. The van der Waals surface area contributed by atoms with Crippen LogP contribution in [0.25, 0.3) is 5.57 Å². The quantitative estimate of drug-likeness (QED) is 0.470. The molecule has 174 valence electrons. The van der Waals surface area contributed by atoms with Crippen molar-refractivity contribution in [3.05, 3.63) is 106 Å². The lowest BCUT2D eigenvalue weighted by Crippen LogP contribution is -2.32. The average molecular weight is 464 g/mol. The number of hydrogen-bond donors (Lipinski definition) is 1. The Morgan fingerprint density at radius 1 is 0.824 bits per heavy atom. The maximum Gasteiger partial charge on any atom is 0.416 e. The van der Waals surface area contributed by atoms with Crippen molar-refractivity contribution in [2.45, 2.75) is 33.5 Å². The molecule has 0 bridgehead atoms. The van der Waals surface area contributed by atoms with E-state index < -0.39 is 23.6 Å². The zero-order valence-corrected chi connectivity index (χ0v) is 19.0. The summed E-state index contributed by atoms with van der Waals surface area (Å²) in [6.45, 7) is 5.82. The summed E-state index contributed by atoms with van der Waals surface area (Å²) < 4.78 is 39.6. The molecule has 1 aliphatic rings. The van der Waals surface area contributed by atoms with E-state index in [2.05, 4.69) is 5.32 Å². The van der Waals surface area contributed by atoms with Crippen molar-refractivity contribution in [2.75, 3.05) is 5.32 Å². The monoisotopic (exact) mass is 464 g/mol. The number of carbonyl (C=O) groups excluding carboxylic acids is 2. The molecule has 0 aliphatic carbocycles. The summed E-state index contributed by atoms with van der Waals surface area (Å²) in [7, 11) is 0. The summed E-state index contributed by atoms with van der Waals surface area (Å²) in [4.78, 5) is 27.9. The SMILES string of the molecule is Cc1ccc(CN2C(=O)C(Nc3cccc(C(F)(F)F)c3)=C(c3ccc(C)c(C)c3)C2=O)cc1. The summed E-state index contributed by atoms with van der Waals surface area (Å²) in [6.07, 6.45) is -4.53. The number of anilines is 1. The standard InChI is InChI=1S/C27H23F3N2O2/c1-16-7-10-19(11-8-16)15-32-25(33)23(20-12-9-17(2)18(3)13-20)24(26(32)34)31-22-6-4-5-21(14-22)27(28,29)30/h4-14,31H,15H2,1-3H3. The second-order valence-corrected chi connectivity index (χ2v) is 8.43. The van der Waals surface area contributed by atoms with Crippen LogP contribution in [0.15, 0.2) is 72.4 Å². The van der Waals surface area contributed by atoms with Crippen LogP contribution >= 0.6 is 0 Å². The van der Waals surface area contributed by atoms with Crippen LogP contribution in [0.4, 0.5) is 18.9 Å². The molecule has 0 aromatic heterocycles. The minimum Gasteiger partial charge on any atom is -0.350 e. The van der Waals surface area contributed by atoms with Gasteiger partial charge in [-0.25, -0.2) is 0 Å². The van der Waals surface area contributed by atoms with Crippen LogP contribution in [0.2, 0.25) is 0 Å². The van der Waals surface area contributed by atoms with E-state index in [1.807, 2.05) is 51.1 Å². The molecule has 1 N–H and O–H groups in total. The number of halogens is 3. The lowest BCUT2D eigenvalue weighted by molar-refractivity contribution is -0.138. The van der Waals surface area contributed by atoms with E-state index in [0.29, 0.717) is 5.56 Å². The Labute approximate surface area is 195 Å². The van der Waals surface area contributed by atoms with E-state index >= 15 is 0 Å². The van der Waals surface area contributed by atoms with Gasteiger partial charge in [0.15, 0.2) is 0 Å². The van der Waals surface area contributed by atoms with Crippen molar-refractivity contribution in [2.24, 2.45) is 0 Å². The van der Waals surface area contributed by atoms with Gasteiger partial charge in [0.2, 0.25) is 0 Å². The predicted molar refractivity (Wildman–Crippen MR) is 125 cm³/mol. The minimum absolute atomic E-state index is 0.0420. The van der Waals surface area contributed by atoms with Crippen molar-refractivity contribution in [3.63, 3.8) is 0 Å². The third kappa shape index (κ3) is 4.59. The molecule has 0 atom stereocenters. The van der Waals surface area contributed by atoms with Gasteiger partial charge in [-0.15, -0.1) is 0 Å². The molecule has 0 unspecified atom stereocenters. The Hall–Kier alpha value is -3.87. The molecule has 0 fully saturated rings. The molecule has 1 aliphatic heterocycles. The molecule has 0 saturated heterocycles. The third-order valence-corrected chi connectivity index (χ3v) is 5.88. The van der Waals surface area contributed by atoms with E-state index in [1.165, 1.54) is 12.1 Å². The van der Waals surface area contributed by atoms with E-state index in [4.69, 9.17) is 0 Å². The average Bonchev–Trinajstić information content (AvgIpc) is 3.01. The fourth-order valence-electron chi connectivity index (χ4n) is 3.79. The van der Waals surface area contributed by atoms with Gasteiger partial charge in [-0.1, -0.05) is 54.1 Å². The number of nitrogens with one attached hydrogen (secondary N) is 1. The smallest absolute Gasteiger partial charge is 0.350 e. The molecule has 0 spiro atoms. The van der Waals surface area contributed by atoms with Crippen LogP contribution in [0.5, 0.6) is 0 Å². The van der Waals surface area contributed by atoms with Crippen molar-refractivity contribution in [3.8, 4) is 0 Å². The predicted octanol–water partition coefficient (Wildman–Crippen LogP) is 6.02. The maximum absolute atomic E-state index is 13.4. The fraction of sp³-hybridized carbons (Fsp3) is 0.185. The lowest BCUT2D eigenvalue weighted by Gasteiger charge is -2.16. The normalized spacial score (nSPS) is 14.2. The number of imide groups is 1.